The van der Waals surface area contributed by atoms with Gasteiger partial charge in [-0.15, -0.1) is 0 Å². The van der Waals surface area contributed by atoms with Gasteiger partial charge in [0.2, 0.25) is 23.6 Å². The summed E-state index contributed by atoms with van der Waals surface area (Å²) >= 11 is 3.44. The lowest BCUT2D eigenvalue weighted by Gasteiger charge is -2.38. The van der Waals surface area contributed by atoms with Crippen molar-refractivity contribution < 1.29 is 23.9 Å². The smallest absolute Gasteiger partial charge is 0.246 e. The summed E-state index contributed by atoms with van der Waals surface area (Å²) in [7, 11) is 0. The molecular weight excluding hydrogens is 572 g/mol. The summed E-state index contributed by atoms with van der Waals surface area (Å²) in [6.07, 6.45) is 2.06. The molecule has 2 heterocycles. The van der Waals surface area contributed by atoms with Gasteiger partial charge in [-0.3, -0.25) is 19.2 Å². The summed E-state index contributed by atoms with van der Waals surface area (Å²) in [5.74, 6) is 1.86. The van der Waals surface area contributed by atoms with Crippen LogP contribution in [-0.4, -0.2) is 72.5 Å². The normalized spacial score (nSPS) is 24.4. The molecule has 1 fully saturated rings. The summed E-state index contributed by atoms with van der Waals surface area (Å²) in [4.78, 5) is 53.7. The van der Waals surface area contributed by atoms with Crippen molar-refractivity contribution in [1.29, 1.82) is 0 Å². The van der Waals surface area contributed by atoms with Crippen LogP contribution in [-0.2, 0) is 35.4 Å². The Balaban J connectivity index is 1.84. The summed E-state index contributed by atoms with van der Waals surface area (Å²) in [5.41, 5.74) is 1.28. The summed E-state index contributed by atoms with van der Waals surface area (Å²) < 4.78 is 5.52. The van der Waals surface area contributed by atoms with Crippen molar-refractivity contribution in [3.05, 3.63) is 35.4 Å². The van der Waals surface area contributed by atoms with Crippen LogP contribution >= 0.6 is 23.5 Å². The van der Waals surface area contributed by atoms with E-state index in [1.54, 1.807) is 23.5 Å². The molecule has 2 aliphatic rings. The van der Waals surface area contributed by atoms with E-state index >= 15 is 0 Å². The second-order valence-electron chi connectivity index (χ2n) is 11.7. The molecule has 234 valence electrons. The molecular formula is C31H48N4O5S2. The number of carbonyl (C=O) groups excluding carboxylic acids is 4. The topological polar surface area (TPSA) is 126 Å². The molecule has 0 aromatic heterocycles. The van der Waals surface area contributed by atoms with E-state index in [4.69, 9.17) is 4.74 Å². The van der Waals surface area contributed by atoms with Crippen molar-refractivity contribution in [3.63, 3.8) is 0 Å². The van der Waals surface area contributed by atoms with Gasteiger partial charge in [0.15, 0.2) is 0 Å². The fraction of sp³-hybridized carbons (Fsp3) is 0.677. The Hall–Kier alpha value is -2.24. The van der Waals surface area contributed by atoms with Crippen molar-refractivity contribution in [2.75, 3.05) is 31.3 Å². The van der Waals surface area contributed by atoms with Gasteiger partial charge < -0.3 is 26.0 Å². The zero-order valence-electron chi connectivity index (χ0n) is 25.5. The van der Waals surface area contributed by atoms with Crippen LogP contribution in [0.1, 0.15) is 70.9 Å². The SMILES string of the molecule is CC[C@H](C)[C@@H]1NC(=O)[C@H](CC(C)C)NC(=O)C2(CCOCC2)NC(=O)CCSCc2cccc(c2)CSCCNC1=O. The van der Waals surface area contributed by atoms with Crippen molar-refractivity contribution >= 4 is 47.2 Å². The fourth-order valence-corrected chi connectivity index (χ4v) is 6.82. The van der Waals surface area contributed by atoms with Crippen LogP contribution in [0.5, 0.6) is 0 Å². The van der Waals surface area contributed by atoms with Gasteiger partial charge in [-0.25, -0.2) is 0 Å². The number of hydrogen-bond acceptors (Lipinski definition) is 7. The molecule has 9 nitrogen and oxygen atoms in total. The van der Waals surface area contributed by atoms with Crippen LogP contribution < -0.4 is 21.3 Å². The van der Waals surface area contributed by atoms with E-state index in [2.05, 4.69) is 45.5 Å². The first-order valence-corrected chi connectivity index (χ1v) is 17.5. The van der Waals surface area contributed by atoms with E-state index in [9.17, 15) is 19.2 Å². The van der Waals surface area contributed by atoms with Crippen LogP contribution in [0.4, 0.5) is 0 Å². The Labute approximate surface area is 259 Å². The van der Waals surface area contributed by atoms with E-state index in [0.29, 0.717) is 51.2 Å². The van der Waals surface area contributed by atoms with E-state index < -0.39 is 17.6 Å². The molecule has 4 N–H and O–H groups in total. The number of amides is 4. The van der Waals surface area contributed by atoms with Gasteiger partial charge in [0.05, 0.1) is 0 Å². The number of benzene rings is 1. The van der Waals surface area contributed by atoms with Gasteiger partial charge in [0.1, 0.15) is 17.6 Å². The van der Waals surface area contributed by atoms with Gasteiger partial charge in [-0.1, -0.05) is 58.4 Å². The summed E-state index contributed by atoms with van der Waals surface area (Å²) in [5, 5.41) is 11.9. The molecule has 42 heavy (non-hydrogen) atoms. The highest BCUT2D eigenvalue weighted by Gasteiger charge is 2.43. The monoisotopic (exact) mass is 620 g/mol. The minimum atomic E-state index is -1.15. The zero-order chi connectivity index (χ0) is 30.5. The minimum Gasteiger partial charge on any atom is -0.381 e. The Morgan fingerprint density at radius 1 is 0.952 bits per heavy atom. The third kappa shape index (κ3) is 10.5. The quantitative estimate of drug-likeness (QED) is 0.407. The standard InChI is InChI=1S/C31H48N4O5S2/c1-5-22(4)27-29(38)32-12-16-42-20-24-8-6-7-23(18-24)19-41-15-9-26(36)35-31(10-13-40-14-11-31)30(39)33-25(17-21(2)3)28(37)34-27/h6-8,18,21-22,25,27H,5,9-17,19-20H2,1-4H3,(H,32,38)(H,33,39)(H,34,37)(H,35,36)/t22-,25-,27-/m0/s1. The Morgan fingerprint density at radius 2 is 1.62 bits per heavy atom. The van der Waals surface area contributed by atoms with E-state index in [1.807, 2.05) is 27.7 Å². The molecule has 2 aliphatic heterocycles. The van der Waals surface area contributed by atoms with Crippen LogP contribution in [0.3, 0.4) is 0 Å². The average Bonchev–Trinajstić information content (AvgIpc) is 2.97. The molecule has 1 aromatic carbocycles. The lowest BCUT2D eigenvalue weighted by Crippen LogP contribution is -2.64. The second kappa shape index (κ2) is 17.2. The Kier molecular flexibility index (Phi) is 14.0. The largest absolute Gasteiger partial charge is 0.381 e. The number of carbonyl (C=O) groups is 4. The van der Waals surface area contributed by atoms with Crippen LogP contribution in [0.2, 0.25) is 0 Å². The van der Waals surface area contributed by atoms with Crippen molar-refractivity contribution in [2.24, 2.45) is 11.8 Å². The first-order valence-electron chi connectivity index (χ1n) is 15.1. The number of hydrogen-bond donors (Lipinski definition) is 4. The minimum absolute atomic E-state index is 0.0933. The number of fused-ring (bicyclic) bond motifs is 2. The summed E-state index contributed by atoms with van der Waals surface area (Å²) in [6.45, 7) is 9.08. The van der Waals surface area contributed by atoms with Crippen LogP contribution in [0.15, 0.2) is 24.3 Å². The lowest BCUT2D eigenvalue weighted by molar-refractivity contribution is -0.140. The molecule has 0 aliphatic carbocycles. The number of thioether (sulfide) groups is 2. The average molecular weight is 621 g/mol. The van der Waals surface area contributed by atoms with Crippen molar-refractivity contribution in [2.45, 2.75) is 88.9 Å². The molecule has 3 atom stereocenters. The molecule has 0 unspecified atom stereocenters. The predicted octanol–water partition coefficient (Wildman–Crippen LogP) is 3.40. The highest BCUT2D eigenvalue weighted by molar-refractivity contribution is 7.98. The predicted molar refractivity (Wildman–Crippen MR) is 170 cm³/mol. The maximum atomic E-state index is 13.8. The van der Waals surface area contributed by atoms with Gasteiger partial charge in [0, 0.05) is 62.0 Å². The van der Waals surface area contributed by atoms with Crippen molar-refractivity contribution in [3.8, 4) is 0 Å². The molecule has 1 saturated heterocycles. The van der Waals surface area contributed by atoms with Crippen LogP contribution in [0, 0.1) is 11.8 Å². The molecule has 0 radical (unpaired) electrons. The maximum absolute atomic E-state index is 13.8. The molecule has 1 aromatic rings. The van der Waals surface area contributed by atoms with Crippen molar-refractivity contribution in [1.82, 2.24) is 21.3 Å². The first kappa shape index (κ1) is 34.3. The van der Waals surface area contributed by atoms with E-state index in [1.165, 1.54) is 11.1 Å². The maximum Gasteiger partial charge on any atom is 0.246 e. The Morgan fingerprint density at radius 3 is 2.26 bits per heavy atom. The van der Waals surface area contributed by atoms with Gasteiger partial charge in [0.25, 0.3) is 0 Å². The van der Waals surface area contributed by atoms with Gasteiger partial charge in [-0.2, -0.15) is 23.5 Å². The highest BCUT2D eigenvalue weighted by Crippen LogP contribution is 2.23. The second-order valence-corrected chi connectivity index (χ2v) is 13.9. The number of rotatable bonds is 4. The fourth-order valence-electron chi connectivity index (χ4n) is 5.12. The number of nitrogens with one attached hydrogen (secondary N) is 4. The van der Waals surface area contributed by atoms with Gasteiger partial charge in [-0.05, 0) is 29.4 Å². The van der Waals surface area contributed by atoms with E-state index in [0.717, 1.165) is 17.3 Å². The van der Waals surface area contributed by atoms with Crippen LogP contribution in [0.25, 0.3) is 0 Å². The van der Waals surface area contributed by atoms with Gasteiger partial charge >= 0.3 is 0 Å². The zero-order valence-corrected chi connectivity index (χ0v) is 27.1. The molecule has 3 rings (SSSR count). The molecule has 4 amide bonds. The summed E-state index contributed by atoms with van der Waals surface area (Å²) in [6, 6.07) is 6.88. The number of ether oxygens (including phenoxy) is 1. The molecule has 11 heteroatoms. The third-order valence-corrected chi connectivity index (χ3v) is 9.89. The molecule has 2 bridgehead atoms. The van der Waals surface area contributed by atoms with E-state index in [-0.39, 0.29) is 41.9 Å². The molecule has 1 spiro atoms. The molecule has 0 saturated carbocycles. The first-order chi connectivity index (χ1) is 20.1. The lowest BCUT2D eigenvalue weighted by atomic mass is 9.87. The Bertz CT molecular complexity index is 1060. The highest BCUT2D eigenvalue weighted by atomic mass is 32.2. The third-order valence-electron chi connectivity index (χ3n) is 7.83.